The van der Waals surface area contributed by atoms with Crippen LogP contribution in [0.4, 0.5) is 5.82 Å². The number of benzene rings is 2. The SMILES string of the molecule is Cc1ccc(O)c(-c2cc(-c3ccccc3C)cc(NCCCN3CCCC3=O)n2)c1. The van der Waals surface area contributed by atoms with Crippen LogP contribution in [0.15, 0.2) is 54.6 Å². The molecule has 0 atom stereocenters. The van der Waals surface area contributed by atoms with Crippen molar-refractivity contribution in [2.45, 2.75) is 33.1 Å². The quantitative estimate of drug-likeness (QED) is 0.523. The molecule has 160 valence electrons. The highest BCUT2D eigenvalue weighted by atomic mass is 16.3. The van der Waals surface area contributed by atoms with Gasteiger partial charge in [0.25, 0.3) is 0 Å². The van der Waals surface area contributed by atoms with Crippen molar-refractivity contribution in [1.29, 1.82) is 0 Å². The van der Waals surface area contributed by atoms with Crippen molar-refractivity contribution in [2.24, 2.45) is 0 Å². The number of carbonyl (C=O) groups is 1. The first-order valence-electron chi connectivity index (χ1n) is 10.9. The van der Waals surface area contributed by atoms with Gasteiger partial charge in [-0.2, -0.15) is 0 Å². The number of hydrogen-bond acceptors (Lipinski definition) is 4. The molecule has 31 heavy (non-hydrogen) atoms. The zero-order valence-corrected chi connectivity index (χ0v) is 18.2. The van der Waals surface area contributed by atoms with E-state index in [0.29, 0.717) is 6.42 Å². The number of nitrogens with zero attached hydrogens (tertiary/aromatic N) is 2. The summed E-state index contributed by atoms with van der Waals surface area (Å²) in [6, 6.07) is 17.9. The molecule has 1 fully saturated rings. The molecule has 0 unspecified atom stereocenters. The number of anilines is 1. The standard InChI is InChI=1S/C26H29N3O2/c1-18-10-11-24(30)22(15-18)23-16-20(21-8-4-3-7-19(21)2)17-25(28-23)27-12-6-14-29-13-5-9-26(29)31/h3-4,7-8,10-11,15-17,30H,5-6,9,12-14H2,1-2H3,(H,27,28). The van der Waals surface area contributed by atoms with Crippen LogP contribution in [0.2, 0.25) is 0 Å². The van der Waals surface area contributed by atoms with E-state index in [1.54, 1.807) is 6.07 Å². The number of amides is 1. The fourth-order valence-electron chi connectivity index (χ4n) is 4.09. The highest BCUT2D eigenvalue weighted by Gasteiger charge is 2.19. The predicted octanol–water partition coefficient (Wildman–Crippen LogP) is 5.16. The molecule has 3 aromatic rings. The van der Waals surface area contributed by atoms with Crippen LogP contribution >= 0.6 is 0 Å². The van der Waals surface area contributed by atoms with E-state index in [-0.39, 0.29) is 11.7 Å². The molecule has 0 spiro atoms. The van der Waals surface area contributed by atoms with Crippen molar-refractivity contribution in [1.82, 2.24) is 9.88 Å². The Labute approximate surface area is 183 Å². The van der Waals surface area contributed by atoms with Crippen LogP contribution in [-0.2, 0) is 4.79 Å². The predicted molar refractivity (Wildman–Crippen MR) is 125 cm³/mol. The lowest BCUT2D eigenvalue weighted by Crippen LogP contribution is -2.27. The van der Waals surface area contributed by atoms with Gasteiger partial charge in [0.05, 0.1) is 5.69 Å². The van der Waals surface area contributed by atoms with Crippen molar-refractivity contribution in [3.8, 4) is 28.1 Å². The maximum absolute atomic E-state index is 11.8. The van der Waals surface area contributed by atoms with E-state index in [9.17, 15) is 9.90 Å². The summed E-state index contributed by atoms with van der Waals surface area (Å²) in [6.45, 7) is 6.48. The van der Waals surface area contributed by atoms with Gasteiger partial charge in [0.1, 0.15) is 11.6 Å². The number of nitrogens with one attached hydrogen (secondary N) is 1. The van der Waals surface area contributed by atoms with Crippen LogP contribution in [0, 0.1) is 13.8 Å². The number of likely N-dealkylation sites (tertiary alicyclic amines) is 1. The first kappa shape index (κ1) is 20.9. The summed E-state index contributed by atoms with van der Waals surface area (Å²) in [5.74, 6) is 1.25. The average Bonchev–Trinajstić information content (AvgIpc) is 3.17. The number of pyridine rings is 1. The molecule has 5 nitrogen and oxygen atoms in total. The number of rotatable bonds is 7. The monoisotopic (exact) mass is 415 g/mol. The molecule has 1 aromatic heterocycles. The van der Waals surface area contributed by atoms with Crippen molar-refractivity contribution in [3.63, 3.8) is 0 Å². The van der Waals surface area contributed by atoms with Crippen LogP contribution in [-0.4, -0.2) is 40.5 Å². The number of phenols is 1. The molecule has 2 heterocycles. The summed E-state index contributed by atoms with van der Waals surface area (Å²) in [4.78, 5) is 18.5. The molecule has 1 aliphatic rings. The van der Waals surface area contributed by atoms with Gasteiger partial charge in [0, 0.05) is 31.6 Å². The zero-order chi connectivity index (χ0) is 21.8. The van der Waals surface area contributed by atoms with Gasteiger partial charge in [-0.3, -0.25) is 4.79 Å². The molecule has 4 rings (SSSR count). The lowest BCUT2D eigenvalue weighted by molar-refractivity contribution is -0.127. The van der Waals surface area contributed by atoms with Crippen molar-refractivity contribution in [3.05, 3.63) is 65.7 Å². The maximum atomic E-state index is 11.8. The molecular formula is C26H29N3O2. The summed E-state index contributed by atoms with van der Waals surface area (Å²) >= 11 is 0. The van der Waals surface area contributed by atoms with Crippen molar-refractivity contribution in [2.75, 3.05) is 25.0 Å². The number of carbonyl (C=O) groups excluding carboxylic acids is 1. The molecule has 0 bridgehead atoms. The molecule has 1 saturated heterocycles. The van der Waals surface area contributed by atoms with Gasteiger partial charge in [-0.15, -0.1) is 0 Å². The normalized spacial score (nSPS) is 13.6. The number of aromatic nitrogens is 1. The van der Waals surface area contributed by atoms with E-state index < -0.39 is 0 Å². The van der Waals surface area contributed by atoms with E-state index in [1.165, 1.54) is 5.56 Å². The first-order chi connectivity index (χ1) is 15.0. The summed E-state index contributed by atoms with van der Waals surface area (Å²) in [5, 5.41) is 13.9. The molecule has 5 heteroatoms. The Hall–Kier alpha value is -3.34. The van der Waals surface area contributed by atoms with E-state index in [4.69, 9.17) is 4.98 Å². The fraction of sp³-hybridized carbons (Fsp3) is 0.308. The van der Waals surface area contributed by atoms with Gasteiger partial charge >= 0.3 is 0 Å². The van der Waals surface area contributed by atoms with Gasteiger partial charge in [-0.05, 0) is 67.6 Å². The molecule has 0 saturated carbocycles. The minimum Gasteiger partial charge on any atom is -0.507 e. The Morgan fingerprint density at radius 1 is 1.06 bits per heavy atom. The molecule has 1 amide bonds. The molecular weight excluding hydrogens is 386 g/mol. The number of hydrogen-bond donors (Lipinski definition) is 2. The zero-order valence-electron chi connectivity index (χ0n) is 18.2. The van der Waals surface area contributed by atoms with E-state index in [2.05, 4.69) is 30.4 Å². The highest BCUT2D eigenvalue weighted by molar-refractivity contribution is 5.78. The first-order valence-corrected chi connectivity index (χ1v) is 10.9. The summed E-state index contributed by atoms with van der Waals surface area (Å²) in [7, 11) is 0. The van der Waals surface area contributed by atoms with Crippen LogP contribution < -0.4 is 5.32 Å². The van der Waals surface area contributed by atoms with Gasteiger partial charge in [0.2, 0.25) is 5.91 Å². The fourth-order valence-corrected chi connectivity index (χ4v) is 4.09. The second-order valence-corrected chi connectivity index (χ2v) is 8.23. The van der Waals surface area contributed by atoms with Gasteiger partial charge < -0.3 is 15.3 Å². The molecule has 2 aromatic carbocycles. The smallest absolute Gasteiger partial charge is 0.222 e. The summed E-state index contributed by atoms with van der Waals surface area (Å²) in [6.07, 6.45) is 2.51. The molecule has 0 radical (unpaired) electrons. The van der Waals surface area contributed by atoms with Crippen molar-refractivity contribution < 1.29 is 9.90 Å². The average molecular weight is 416 g/mol. The van der Waals surface area contributed by atoms with Gasteiger partial charge in [0.15, 0.2) is 0 Å². The number of aryl methyl sites for hydroxylation is 2. The van der Waals surface area contributed by atoms with Crippen molar-refractivity contribution >= 4 is 11.7 Å². The Bertz CT molecular complexity index is 1090. The van der Waals surface area contributed by atoms with Gasteiger partial charge in [-0.1, -0.05) is 35.9 Å². The summed E-state index contributed by atoms with van der Waals surface area (Å²) < 4.78 is 0. The number of phenolic OH excluding ortho intramolecular Hbond substituents is 1. The van der Waals surface area contributed by atoms with Crippen LogP contribution in [0.3, 0.4) is 0 Å². The van der Waals surface area contributed by atoms with E-state index >= 15 is 0 Å². The topological polar surface area (TPSA) is 65.5 Å². The Kier molecular flexibility index (Phi) is 6.21. The van der Waals surface area contributed by atoms with E-state index in [0.717, 1.165) is 66.2 Å². The third-order valence-electron chi connectivity index (χ3n) is 5.79. The molecule has 2 N–H and O–H groups in total. The second kappa shape index (κ2) is 9.21. The second-order valence-electron chi connectivity index (χ2n) is 8.23. The largest absolute Gasteiger partial charge is 0.507 e. The number of aromatic hydroxyl groups is 1. The third-order valence-corrected chi connectivity index (χ3v) is 5.79. The lowest BCUT2D eigenvalue weighted by Gasteiger charge is -2.16. The molecule has 1 aliphatic heterocycles. The minimum atomic E-state index is 0.221. The Morgan fingerprint density at radius 2 is 1.90 bits per heavy atom. The van der Waals surface area contributed by atoms with Gasteiger partial charge in [-0.25, -0.2) is 4.98 Å². The van der Waals surface area contributed by atoms with E-state index in [1.807, 2.05) is 42.2 Å². The summed E-state index contributed by atoms with van der Waals surface area (Å²) in [5.41, 5.74) is 5.91. The maximum Gasteiger partial charge on any atom is 0.222 e. The van der Waals surface area contributed by atoms with Crippen LogP contribution in [0.5, 0.6) is 5.75 Å². The highest BCUT2D eigenvalue weighted by Crippen LogP contribution is 2.34. The third kappa shape index (κ3) is 4.88. The Balaban J connectivity index is 1.61. The lowest BCUT2D eigenvalue weighted by atomic mass is 9.98. The minimum absolute atomic E-state index is 0.221. The molecule has 0 aliphatic carbocycles. The van der Waals surface area contributed by atoms with Crippen LogP contribution in [0.1, 0.15) is 30.4 Å². The Morgan fingerprint density at radius 3 is 2.68 bits per heavy atom. The van der Waals surface area contributed by atoms with Crippen LogP contribution in [0.25, 0.3) is 22.4 Å².